The molecule has 0 fully saturated rings. The van der Waals surface area contributed by atoms with Gasteiger partial charge in [-0.3, -0.25) is 0 Å². The quantitative estimate of drug-likeness (QED) is 0.705. The van der Waals surface area contributed by atoms with Crippen LogP contribution in [0.3, 0.4) is 0 Å². The van der Waals surface area contributed by atoms with Crippen LogP contribution in [0, 0.1) is 0 Å². The molecular weight excluding hydrogens is 178 g/mol. The SMILES string of the molecule is CCOC(=O)C([NH3+])Cc1ccccc1. The van der Waals surface area contributed by atoms with Crippen LogP contribution in [-0.2, 0) is 16.0 Å². The Morgan fingerprint density at radius 2 is 2.07 bits per heavy atom. The van der Waals surface area contributed by atoms with Crippen molar-refractivity contribution in [3.63, 3.8) is 0 Å². The summed E-state index contributed by atoms with van der Waals surface area (Å²) in [4.78, 5) is 11.3. The van der Waals surface area contributed by atoms with Crippen LogP contribution in [-0.4, -0.2) is 18.6 Å². The topological polar surface area (TPSA) is 53.9 Å². The molecule has 14 heavy (non-hydrogen) atoms. The molecule has 0 aliphatic rings. The molecule has 0 aliphatic heterocycles. The van der Waals surface area contributed by atoms with E-state index in [9.17, 15) is 4.79 Å². The van der Waals surface area contributed by atoms with E-state index in [1.807, 2.05) is 30.3 Å². The molecule has 0 saturated heterocycles. The maximum atomic E-state index is 11.3. The van der Waals surface area contributed by atoms with Gasteiger partial charge >= 0.3 is 5.97 Å². The molecule has 0 amide bonds. The van der Waals surface area contributed by atoms with Gasteiger partial charge in [-0.05, 0) is 12.5 Å². The van der Waals surface area contributed by atoms with Gasteiger partial charge in [0.15, 0.2) is 6.04 Å². The Morgan fingerprint density at radius 1 is 1.43 bits per heavy atom. The van der Waals surface area contributed by atoms with Crippen LogP contribution in [0.25, 0.3) is 0 Å². The molecule has 0 aliphatic carbocycles. The minimum Gasteiger partial charge on any atom is -0.462 e. The molecule has 0 bridgehead atoms. The zero-order valence-corrected chi connectivity index (χ0v) is 8.40. The summed E-state index contributed by atoms with van der Waals surface area (Å²) in [5, 5.41) is 0. The Morgan fingerprint density at radius 3 is 2.64 bits per heavy atom. The first-order valence-corrected chi connectivity index (χ1v) is 4.77. The van der Waals surface area contributed by atoms with Crippen LogP contribution in [0.1, 0.15) is 12.5 Å². The molecule has 3 N–H and O–H groups in total. The molecule has 0 heterocycles. The van der Waals surface area contributed by atoms with Gasteiger partial charge in [0.1, 0.15) is 0 Å². The number of quaternary nitrogens is 1. The first-order valence-electron chi connectivity index (χ1n) is 4.77. The summed E-state index contributed by atoms with van der Waals surface area (Å²) in [6.45, 7) is 2.22. The van der Waals surface area contributed by atoms with Gasteiger partial charge in [0, 0.05) is 6.42 Å². The number of carbonyl (C=O) groups excluding carboxylic acids is 1. The predicted octanol–water partition coefficient (Wildman–Crippen LogP) is 0.403. The van der Waals surface area contributed by atoms with Crippen molar-refractivity contribution >= 4 is 5.97 Å². The molecule has 1 atom stereocenters. The maximum Gasteiger partial charge on any atom is 0.365 e. The number of hydrogen-bond donors (Lipinski definition) is 1. The molecule has 3 heteroatoms. The van der Waals surface area contributed by atoms with Crippen molar-refractivity contribution in [1.82, 2.24) is 0 Å². The monoisotopic (exact) mass is 194 g/mol. The highest BCUT2D eigenvalue weighted by Crippen LogP contribution is 2.01. The number of rotatable bonds is 4. The van der Waals surface area contributed by atoms with Crippen molar-refractivity contribution in [2.24, 2.45) is 0 Å². The van der Waals surface area contributed by atoms with Gasteiger partial charge in [0.2, 0.25) is 0 Å². The van der Waals surface area contributed by atoms with E-state index < -0.39 is 0 Å². The van der Waals surface area contributed by atoms with Gasteiger partial charge in [-0.2, -0.15) is 0 Å². The fourth-order valence-corrected chi connectivity index (χ4v) is 1.24. The van der Waals surface area contributed by atoms with E-state index in [0.717, 1.165) is 5.56 Å². The molecule has 0 saturated carbocycles. The van der Waals surface area contributed by atoms with Crippen LogP contribution in [0.15, 0.2) is 30.3 Å². The van der Waals surface area contributed by atoms with E-state index in [1.54, 1.807) is 6.92 Å². The Labute approximate surface area is 83.9 Å². The fraction of sp³-hybridized carbons (Fsp3) is 0.364. The zero-order chi connectivity index (χ0) is 10.4. The molecular formula is C11H16NO2+. The second kappa shape index (κ2) is 5.40. The van der Waals surface area contributed by atoms with Crippen LogP contribution in [0.4, 0.5) is 0 Å². The molecule has 1 aromatic rings. The molecule has 76 valence electrons. The third kappa shape index (κ3) is 3.18. The normalized spacial score (nSPS) is 12.1. The molecule has 0 spiro atoms. The number of ether oxygens (including phenoxy) is 1. The summed E-state index contributed by atoms with van der Waals surface area (Å²) in [5.74, 6) is -0.226. The smallest absolute Gasteiger partial charge is 0.365 e. The second-order valence-electron chi connectivity index (χ2n) is 3.14. The van der Waals surface area contributed by atoms with E-state index in [0.29, 0.717) is 13.0 Å². The van der Waals surface area contributed by atoms with E-state index in [-0.39, 0.29) is 12.0 Å². The summed E-state index contributed by atoms with van der Waals surface area (Å²) in [5.41, 5.74) is 4.89. The Bertz CT molecular complexity index is 285. The largest absolute Gasteiger partial charge is 0.462 e. The van der Waals surface area contributed by atoms with E-state index >= 15 is 0 Å². The Hall–Kier alpha value is -1.35. The minimum absolute atomic E-state index is 0.226. The van der Waals surface area contributed by atoms with Crippen molar-refractivity contribution in [1.29, 1.82) is 0 Å². The summed E-state index contributed by atoms with van der Waals surface area (Å²) in [7, 11) is 0. The van der Waals surface area contributed by atoms with Crippen molar-refractivity contribution in [3.05, 3.63) is 35.9 Å². The van der Waals surface area contributed by atoms with E-state index in [2.05, 4.69) is 5.73 Å². The summed E-state index contributed by atoms with van der Waals surface area (Å²) in [6, 6.07) is 9.51. The number of esters is 1. The maximum absolute atomic E-state index is 11.3. The summed E-state index contributed by atoms with van der Waals surface area (Å²) < 4.78 is 4.87. The lowest BCUT2D eigenvalue weighted by molar-refractivity contribution is -0.407. The average Bonchev–Trinajstić information content (AvgIpc) is 2.19. The number of carbonyl (C=O) groups is 1. The molecule has 0 radical (unpaired) electrons. The van der Waals surface area contributed by atoms with Gasteiger partial charge in [-0.1, -0.05) is 30.3 Å². The van der Waals surface area contributed by atoms with Crippen LogP contribution >= 0.6 is 0 Å². The standard InChI is InChI=1S/C11H15NO2/c1-2-14-11(13)10(12)8-9-6-4-3-5-7-9/h3-7,10H,2,8,12H2,1H3/p+1. The van der Waals surface area contributed by atoms with Crippen molar-refractivity contribution in [2.45, 2.75) is 19.4 Å². The average molecular weight is 194 g/mol. The van der Waals surface area contributed by atoms with Gasteiger partial charge in [-0.25, -0.2) is 4.79 Å². The van der Waals surface area contributed by atoms with E-state index in [1.165, 1.54) is 0 Å². The third-order valence-corrected chi connectivity index (χ3v) is 1.94. The highest BCUT2D eigenvalue weighted by atomic mass is 16.5. The molecule has 3 nitrogen and oxygen atoms in total. The molecule has 1 rings (SSSR count). The van der Waals surface area contributed by atoms with Crippen molar-refractivity contribution in [3.8, 4) is 0 Å². The lowest BCUT2D eigenvalue weighted by Gasteiger charge is -2.07. The van der Waals surface area contributed by atoms with Gasteiger partial charge < -0.3 is 10.5 Å². The Kier molecular flexibility index (Phi) is 4.13. The fourth-order valence-electron chi connectivity index (χ4n) is 1.24. The van der Waals surface area contributed by atoms with Crippen LogP contribution in [0.5, 0.6) is 0 Å². The minimum atomic E-state index is -0.308. The highest BCUT2D eigenvalue weighted by Gasteiger charge is 2.18. The summed E-state index contributed by atoms with van der Waals surface area (Å²) >= 11 is 0. The molecule has 0 aromatic heterocycles. The van der Waals surface area contributed by atoms with Crippen molar-refractivity contribution in [2.75, 3.05) is 6.61 Å². The van der Waals surface area contributed by atoms with Gasteiger partial charge in [-0.15, -0.1) is 0 Å². The van der Waals surface area contributed by atoms with Crippen LogP contribution < -0.4 is 5.73 Å². The summed E-state index contributed by atoms with van der Waals surface area (Å²) in [6.07, 6.45) is 0.639. The first-order chi connectivity index (χ1) is 6.74. The predicted molar refractivity (Wildman–Crippen MR) is 53.5 cm³/mol. The Balaban J connectivity index is 2.49. The third-order valence-electron chi connectivity index (χ3n) is 1.94. The first kappa shape index (κ1) is 10.7. The lowest BCUT2D eigenvalue weighted by atomic mass is 10.1. The molecule has 1 unspecified atom stereocenters. The van der Waals surface area contributed by atoms with E-state index in [4.69, 9.17) is 4.74 Å². The number of benzene rings is 1. The van der Waals surface area contributed by atoms with Gasteiger partial charge in [0.25, 0.3) is 0 Å². The zero-order valence-electron chi connectivity index (χ0n) is 8.40. The second-order valence-corrected chi connectivity index (χ2v) is 3.14. The van der Waals surface area contributed by atoms with Crippen molar-refractivity contribution < 1.29 is 15.3 Å². The lowest BCUT2D eigenvalue weighted by Crippen LogP contribution is -2.66. The number of hydrogen-bond acceptors (Lipinski definition) is 2. The highest BCUT2D eigenvalue weighted by molar-refractivity contribution is 5.74. The van der Waals surface area contributed by atoms with Gasteiger partial charge in [0.05, 0.1) is 6.61 Å². The van der Waals surface area contributed by atoms with Crippen LogP contribution in [0.2, 0.25) is 0 Å². The molecule has 1 aromatic carbocycles.